The van der Waals surface area contributed by atoms with E-state index in [9.17, 15) is 4.79 Å². The number of anilines is 1. The molecule has 1 saturated heterocycles. The molecule has 0 unspecified atom stereocenters. The Balaban J connectivity index is 1.28. The van der Waals surface area contributed by atoms with Gasteiger partial charge in [0.1, 0.15) is 22.7 Å². The second-order valence-corrected chi connectivity index (χ2v) is 8.14. The summed E-state index contributed by atoms with van der Waals surface area (Å²) in [5.74, 6) is 0.784. The molecule has 0 bridgehead atoms. The number of halogens is 1. The summed E-state index contributed by atoms with van der Waals surface area (Å²) in [4.78, 5) is 27.0. The van der Waals surface area contributed by atoms with Crippen molar-refractivity contribution in [3.8, 4) is 5.75 Å². The fourth-order valence-electron chi connectivity index (χ4n) is 3.47. The predicted molar refractivity (Wildman–Crippen MR) is 111 cm³/mol. The number of pyridine rings is 1. The molecule has 0 radical (unpaired) electrons. The van der Waals surface area contributed by atoms with Crippen LogP contribution in [0.2, 0.25) is 5.02 Å². The number of ether oxygens (including phenoxy) is 1. The fraction of sp³-hybridized carbons (Fsp3) is 0.250. The smallest absolute Gasteiger partial charge is 0.253 e. The lowest BCUT2D eigenvalue weighted by Gasteiger charge is -2.35. The maximum absolute atomic E-state index is 12.9. The van der Waals surface area contributed by atoms with E-state index in [1.807, 2.05) is 35.2 Å². The third-order valence-corrected chi connectivity index (χ3v) is 6.23. The van der Waals surface area contributed by atoms with Crippen LogP contribution in [0, 0.1) is 0 Å². The molecular formula is C20H17ClN4O2S. The van der Waals surface area contributed by atoms with Crippen LogP contribution in [0.4, 0.5) is 5.13 Å². The molecule has 0 N–H and O–H groups in total. The zero-order valence-electron chi connectivity index (χ0n) is 15.0. The van der Waals surface area contributed by atoms with E-state index in [0.717, 1.165) is 39.9 Å². The van der Waals surface area contributed by atoms with Crippen molar-refractivity contribution in [1.29, 1.82) is 0 Å². The standard InChI is InChI=1S/C20H17ClN4O2S/c21-15-3-4-17-13(11-15)10-14(12-27-17)19(26)24-6-8-25(9-7-24)20-23-16-2-1-5-22-18(16)28-20/h1-5,10-11H,6-9,12H2. The van der Waals surface area contributed by atoms with E-state index in [1.165, 1.54) is 0 Å². The first kappa shape index (κ1) is 17.5. The van der Waals surface area contributed by atoms with Crippen LogP contribution in [0.15, 0.2) is 42.1 Å². The van der Waals surface area contributed by atoms with Crippen LogP contribution in [0.3, 0.4) is 0 Å². The van der Waals surface area contributed by atoms with Crippen molar-refractivity contribution in [3.05, 3.63) is 52.7 Å². The Kier molecular flexibility index (Phi) is 4.41. The normalized spacial score (nSPS) is 16.5. The zero-order valence-corrected chi connectivity index (χ0v) is 16.5. The van der Waals surface area contributed by atoms with Gasteiger partial charge in [0.05, 0.1) is 5.57 Å². The van der Waals surface area contributed by atoms with E-state index in [2.05, 4.69) is 14.9 Å². The van der Waals surface area contributed by atoms with Gasteiger partial charge < -0.3 is 14.5 Å². The first-order valence-corrected chi connectivity index (χ1v) is 10.3. The molecule has 1 fully saturated rings. The molecule has 0 atom stereocenters. The molecule has 4 heterocycles. The number of benzene rings is 1. The number of rotatable bonds is 2. The average Bonchev–Trinajstić information content (AvgIpc) is 3.17. The van der Waals surface area contributed by atoms with Crippen LogP contribution in [-0.2, 0) is 4.79 Å². The summed E-state index contributed by atoms with van der Waals surface area (Å²) in [6.45, 7) is 3.10. The van der Waals surface area contributed by atoms with Gasteiger partial charge in [0.2, 0.25) is 0 Å². The topological polar surface area (TPSA) is 58.6 Å². The summed E-state index contributed by atoms with van der Waals surface area (Å²) in [7, 11) is 0. The minimum Gasteiger partial charge on any atom is -0.488 e. The maximum atomic E-state index is 12.9. The molecule has 142 valence electrons. The van der Waals surface area contributed by atoms with Gasteiger partial charge in [0.15, 0.2) is 5.13 Å². The highest BCUT2D eigenvalue weighted by Gasteiger charge is 2.27. The van der Waals surface area contributed by atoms with Crippen molar-refractivity contribution in [2.75, 3.05) is 37.7 Å². The summed E-state index contributed by atoms with van der Waals surface area (Å²) < 4.78 is 5.73. The van der Waals surface area contributed by atoms with E-state index in [-0.39, 0.29) is 12.5 Å². The molecule has 1 amide bonds. The third kappa shape index (κ3) is 3.21. The van der Waals surface area contributed by atoms with Crippen molar-refractivity contribution in [3.63, 3.8) is 0 Å². The lowest BCUT2D eigenvalue weighted by molar-refractivity contribution is -0.127. The van der Waals surface area contributed by atoms with Gasteiger partial charge in [-0.3, -0.25) is 4.79 Å². The van der Waals surface area contributed by atoms with E-state index >= 15 is 0 Å². The number of piperazine rings is 1. The van der Waals surface area contributed by atoms with Gasteiger partial charge in [-0.2, -0.15) is 0 Å². The molecular weight excluding hydrogens is 396 g/mol. The first-order chi connectivity index (χ1) is 13.7. The highest BCUT2D eigenvalue weighted by Crippen LogP contribution is 2.30. The molecule has 8 heteroatoms. The van der Waals surface area contributed by atoms with Gasteiger partial charge in [-0.25, -0.2) is 9.97 Å². The highest BCUT2D eigenvalue weighted by molar-refractivity contribution is 7.21. The van der Waals surface area contributed by atoms with Crippen LogP contribution in [0.1, 0.15) is 5.56 Å². The van der Waals surface area contributed by atoms with Crippen LogP contribution < -0.4 is 9.64 Å². The van der Waals surface area contributed by atoms with E-state index < -0.39 is 0 Å². The highest BCUT2D eigenvalue weighted by atomic mass is 35.5. The molecule has 6 nitrogen and oxygen atoms in total. The van der Waals surface area contributed by atoms with Crippen molar-refractivity contribution < 1.29 is 9.53 Å². The molecule has 2 aliphatic heterocycles. The SMILES string of the molecule is O=C(C1=Cc2cc(Cl)ccc2OC1)N1CCN(c2nc3cccnc3s2)CC1. The second-order valence-electron chi connectivity index (χ2n) is 6.74. The molecule has 28 heavy (non-hydrogen) atoms. The average molecular weight is 413 g/mol. The molecule has 0 saturated carbocycles. The summed E-state index contributed by atoms with van der Waals surface area (Å²) >= 11 is 7.65. The Labute approximate surface area is 171 Å². The molecule has 5 rings (SSSR count). The van der Waals surface area contributed by atoms with Crippen LogP contribution in [0.5, 0.6) is 5.75 Å². The fourth-order valence-corrected chi connectivity index (χ4v) is 4.61. The Hall–Kier alpha value is -2.64. The largest absolute Gasteiger partial charge is 0.488 e. The third-order valence-electron chi connectivity index (χ3n) is 4.95. The summed E-state index contributed by atoms with van der Waals surface area (Å²) in [5.41, 5.74) is 2.43. The molecule has 1 aromatic carbocycles. The van der Waals surface area contributed by atoms with Crippen molar-refractivity contribution in [2.24, 2.45) is 0 Å². The quantitative estimate of drug-likeness (QED) is 0.645. The Morgan fingerprint density at radius 2 is 2.04 bits per heavy atom. The van der Waals surface area contributed by atoms with E-state index in [1.54, 1.807) is 23.6 Å². The molecule has 2 aromatic heterocycles. The predicted octanol–water partition coefficient (Wildman–Crippen LogP) is 3.47. The number of hydrogen-bond acceptors (Lipinski definition) is 6. The van der Waals surface area contributed by atoms with E-state index in [0.29, 0.717) is 23.7 Å². The number of thiazole rings is 1. The minimum absolute atomic E-state index is 0.0243. The molecule has 2 aliphatic rings. The van der Waals surface area contributed by atoms with Crippen LogP contribution in [0.25, 0.3) is 16.4 Å². The molecule has 0 spiro atoms. The van der Waals surface area contributed by atoms with Crippen molar-refractivity contribution in [1.82, 2.24) is 14.9 Å². The van der Waals surface area contributed by atoms with Gasteiger partial charge in [-0.05, 0) is 36.4 Å². The minimum atomic E-state index is 0.0243. The number of nitrogens with zero attached hydrogens (tertiary/aromatic N) is 4. The van der Waals surface area contributed by atoms with E-state index in [4.69, 9.17) is 16.3 Å². The monoisotopic (exact) mass is 412 g/mol. The van der Waals surface area contributed by atoms with Crippen LogP contribution >= 0.6 is 22.9 Å². The Bertz CT molecular complexity index is 1060. The van der Waals surface area contributed by atoms with Gasteiger partial charge >= 0.3 is 0 Å². The van der Waals surface area contributed by atoms with Crippen molar-refractivity contribution in [2.45, 2.75) is 0 Å². The number of hydrogen-bond donors (Lipinski definition) is 0. The number of aromatic nitrogens is 2. The van der Waals surface area contributed by atoms with Gasteiger partial charge in [-0.15, -0.1) is 0 Å². The van der Waals surface area contributed by atoms with Gasteiger partial charge in [0.25, 0.3) is 5.91 Å². The maximum Gasteiger partial charge on any atom is 0.253 e. The Morgan fingerprint density at radius 3 is 2.86 bits per heavy atom. The summed E-state index contributed by atoms with van der Waals surface area (Å²) in [6, 6.07) is 9.32. The number of carbonyl (C=O) groups excluding carboxylic acids is 1. The zero-order chi connectivity index (χ0) is 19.1. The summed E-state index contributed by atoms with van der Waals surface area (Å²) in [5, 5.41) is 1.59. The van der Waals surface area contributed by atoms with Crippen molar-refractivity contribution >= 4 is 50.4 Å². The second kappa shape index (κ2) is 7.07. The number of carbonyl (C=O) groups is 1. The lowest BCUT2D eigenvalue weighted by Crippen LogP contribution is -2.49. The Morgan fingerprint density at radius 1 is 1.18 bits per heavy atom. The summed E-state index contributed by atoms with van der Waals surface area (Å²) in [6.07, 6.45) is 3.67. The van der Waals surface area contributed by atoms with Gasteiger partial charge in [-0.1, -0.05) is 22.9 Å². The number of fused-ring (bicyclic) bond motifs is 2. The number of amides is 1. The van der Waals surface area contributed by atoms with Gasteiger partial charge in [0, 0.05) is 43.0 Å². The molecule has 3 aromatic rings. The lowest BCUT2D eigenvalue weighted by atomic mass is 10.1. The first-order valence-electron chi connectivity index (χ1n) is 9.06. The molecule has 0 aliphatic carbocycles. The van der Waals surface area contributed by atoms with Crippen LogP contribution in [-0.4, -0.2) is 53.6 Å².